The first-order valence-electron chi connectivity index (χ1n) is 4.94. The molecule has 78 valence electrons. The van der Waals surface area contributed by atoms with Crippen molar-refractivity contribution < 1.29 is 0 Å². The molecule has 2 atom stereocenters. The Bertz CT molecular complexity index is 263. The van der Waals surface area contributed by atoms with Gasteiger partial charge >= 0.3 is 0 Å². The monoisotopic (exact) mass is 229 g/mol. The average Bonchev–Trinajstić information content (AvgIpc) is 2.71. The minimum absolute atomic E-state index is 0.606. The van der Waals surface area contributed by atoms with E-state index in [2.05, 4.69) is 21.8 Å². The third kappa shape index (κ3) is 2.60. The van der Waals surface area contributed by atoms with E-state index in [1.807, 2.05) is 11.8 Å². The van der Waals surface area contributed by atoms with Crippen molar-refractivity contribution in [1.29, 1.82) is 0 Å². The van der Waals surface area contributed by atoms with Crippen molar-refractivity contribution in [3.63, 3.8) is 0 Å². The summed E-state index contributed by atoms with van der Waals surface area (Å²) in [6.07, 6.45) is 7.45. The molecule has 0 spiro atoms. The standard InChI is InChI=1S/C9H15N3S2/c1-13-8-4-2-3-7(5-8)11-9-12-10-6-14-9/h6-8H,2-5H2,1H3,(H,11,12). The Hall–Kier alpha value is -0.290. The molecule has 1 heterocycles. The fourth-order valence-corrected chi connectivity index (χ4v) is 3.25. The van der Waals surface area contributed by atoms with Gasteiger partial charge in [0.05, 0.1) is 0 Å². The molecule has 2 rings (SSSR count). The predicted molar refractivity (Wildman–Crippen MR) is 63.1 cm³/mol. The summed E-state index contributed by atoms with van der Waals surface area (Å²) in [5.74, 6) is 0. The lowest BCUT2D eigenvalue weighted by Gasteiger charge is -2.28. The van der Waals surface area contributed by atoms with Crippen molar-refractivity contribution in [3.8, 4) is 0 Å². The van der Waals surface area contributed by atoms with Gasteiger partial charge in [-0.3, -0.25) is 0 Å². The molecule has 0 saturated heterocycles. The number of nitrogens with one attached hydrogen (secondary N) is 1. The van der Waals surface area contributed by atoms with Crippen LogP contribution in [0.2, 0.25) is 0 Å². The first-order chi connectivity index (χ1) is 6.88. The summed E-state index contributed by atoms with van der Waals surface area (Å²) in [5.41, 5.74) is 1.78. The van der Waals surface area contributed by atoms with Gasteiger partial charge < -0.3 is 5.32 Å². The van der Waals surface area contributed by atoms with Crippen LogP contribution in [0.15, 0.2) is 5.51 Å². The van der Waals surface area contributed by atoms with E-state index in [4.69, 9.17) is 0 Å². The molecule has 1 saturated carbocycles. The number of anilines is 1. The number of nitrogens with zero attached hydrogens (tertiary/aromatic N) is 2. The summed E-state index contributed by atoms with van der Waals surface area (Å²) >= 11 is 3.57. The Balaban J connectivity index is 1.86. The van der Waals surface area contributed by atoms with Gasteiger partial charge in [0.15, 0.2) is 0 Å². The molecule has 1 aliphatic carbocycles. The first kappa shape index (κ1) is 10.2. The van der Waals surface area contributed by atoms with Crippen LogP contribution in [0.3, 0.4) is 0 Å². The van der Waals surface area contributed by atoms with Crippen molar-refractivity contribution in [2.24, 2.45) is 0 Å². The van der Waals surface area contributed by atoms with Crippen molar-refractivity contribution in [1.82, 2.24) is 10.2 Å². The summed E-state index contributed by atoms with van der Waals surface area (Å²) in [4.78, 5) is 0. The van der Waals surface area contributed by atoms with Crippen LogP contribution in [0.5, 0.6) is 0 Å². The van der Waals surface area contributed by atoms with E-state index in [0.29, 0.717) is 6.04 Å². The number of rotatable bonds is 3. The number of aromatic nitrogens is 2. The molecule has 5 heteroatoms. The van der Waals surface area contributed by atoms with Crippen LogP contribution in [0.1, 0.15) is 25.7 Å². The lowest BCUT2D eigenvalue weighted by molar-refractivity contribution is 0.473. The molecular weight excluding hydrogens is 214 g/mol. The zero-order chi connectivity index (χ0) is 9.80. The van der Waals surface area contributed by atoms with Gasteiger partial charge in [-0.05, 0) is 25.5 Å². The number of hydrogen-bond acceptors (Lipinski definition) is 5. The quantitative estimate of drug-likeness (QED) is 0.864. The highest BCUT2D eigenvalue weighted by Gasteiger charge is 2.21. The SMILES string of the molecule is CSC1CCCC(Nc2nncs2)C1. The van der Waals surface area contributed by atoms with Gasteiger partial charge in [-0.25, -0.2) is 0 Å². The second-order valence-corrected chi connectivity index (χ2v) is 5.58. The zero-order valence-electron chi connectivity index (χ0n) is 8.27. The van der Waals surface area contributed by atoms with Crippen molar-refractivity contribution in [3.05, 3.63) is 5.51 Å². The number of hydrogen-bond donors (Lipinski definition) is 1. The molecule has 1 aromatic rings. The number of thioether (sulfide) groups is 1. The van der Waals surface area contributed by atoms with Crippen LogP contribution in [-0.4, -0.2) is 27.7 Å². The second-order valence-electron chi connectivity index (χ2n) is 3.61. The summed E-state index contributed by atoms with van der Waals surface area (Å²) in [7, 11) is 0. The van der Waals surface area contributed by atoms with Crippen LogP contribution < -0.4 is 5.32 Å². The maximum atomic E-state index is 4.01. The zero-order valence-corrected chi connectivity index (χ0v) is 9.90. The highest BCUT2D eigenvalue weighted by molar-refractivity contribution is 7.99. The van der Waals surface area contributed by atoms with E-state index in [9.17, 15) is 0 Å². The fourth-order valence-electron chi connectivity index (χ4n) is 1.90. The minimum Gasteiger partial charge on any atom is -0.357 e. The largest absolute Gasteiger partial charge is 0.357 e. The van der Waals surface area contributed by atoms with Gasteiger partial charge in [-0.1, -0.05) is 17.8 Å². The van der Waals surface area contributed by atoms with Crippen molar-refractivity contribution in [2.75, 3.05) is 11.6 Å². The highest BCUT2D eigenvalue weighted by atomic mass is 32.2. The van der Waals surface area contributed by atoms with Gasteiger partial charge in [0.1, 0.15) is 5.51 Å². The second kappa shape index (κ2) is 4.98. The Morgan fingerprint density at radius 1 is 1.57 bits per heavy atom. The van der Waals surface area contributed by atoms with Crippen LogP contribution >= 0.6 is 23.1 Å². The Kier molecular flexibility index (Phi) is 3.64. The fraction of sp³-hybridized carbons (Fsp3) is 0.778. The summed E-state index contributed by atoms with van der Waals surface area (Å²) in [6, 6.07) is 0.606. The molecule has 0 bridgehead atoms. The maximum absolute atomic E-state index is 4.01. The van der Waals surface area contributed by atoms with Crippen LogP contribution in [0.25, 0.3) is 0 Å². The van der Waals surface area contributed by atoms with E-state index in [0.717, 1.165) is 10.4 Å². The molecule has 2 unspecified atom stereocenters. The lowest BCUT2D eigenvalue weighted by Crippen LogP contribution is -2.28. The molecule has 14 heavy (non-hydrogen) atoms. The molecule has 1 aliphatic rings. The average molecular weight is 229 g/mol. The van der Waals surface area contributed by atoms with E-state index in [-0.39, 0.29) is 0 Å². The van der Waals surface area contributed by atoms with Crippen molar-refractivity contribution >= 4 is 28.2 Å². The van der Waals surface area contributed by atoms with Crippen LogP contribution in [-0.2, 0) is 0 Å². The van der Waals surface area contributed by atoms with Gasteiger partial charge in [-0.15, -0.1) is 10.2 Å². The van der Waals surface area contributed by atoms with Crippen LogP contribution in [0, 0.1) is 0 Å². The van der Waals surface area contributed by atoms with E-state index in [1.54, 1.807) is 16.8 Å². The molecule has 3 nitrogen and oxygen atoms in total. The molecule has 1 N–H and O–H groups in total. The van der Waals surface area contributed by atoms with Gasteiger partial charge in [0, 0.05) is 11.3 Å². The molecule has 1 fully saturated rings. The summed E-state index contributed by atoms with van der Waals surface area (Å²) < 4.78 is 0. The Labute approximate surface area is 92.7 Å². The normalized spacial score (nSPS) is 27.5. The maximum Gasteiger partial charge on any atom is 0.205 e. The highest BCUT2D eigenvalue weighted by Crippen LogP contribution is 2.28. The third-order valence-corrected chi connectivity index (χ3v) is 4.36. The topological polar surface area (TPSA) is 37.8 Å². The molecule has 0 aromatic carbocycles. The molecule has 0 aliphatic heterocycles. The van der Waals surface area contributed by atoms with Gasteiger partial charge in [-0.2, -0.15) is 11.8 Å². The van der Waals surface area contributed by atoms with E-state index >= 15 is 0 Å². The first-order valence-corrected chi connectivity index (χ1v) is 7.10. The third-order valence-electron chi connectivity index (χ3n) is 2.65. The predicted octanol–water partition coefficient (Wildman–Crippen LogP) is 2.62. The molecule has 0 radical (unpaired) electrons. The lowest BCUT2D eigenvalue weighted by atomic mass is 9.95. The van der Waals surface area contributed by atoms with E-state index in [1.165, 1.54) is 25.7 Å². The molecule has 0 amide bonds. The Morgan fingerprint density at radius 3 is 3.21 bits per heavy atom. The smallest absolute Gasteiger partial charge is 0.205 e. The minimum atomic E-state index is 0.606. The van der Waals surface area contributed by atoms with Gasteiger partial charge in [0.2, 0.25) is 5.13 Å². The molecule has 1 aromatic heterocycles. The van der Waals surface area contributed by atoms with Gasteiger partial charge in [0.25, 0.3) is 0 Å². The van der Waals surface area contributed by atoms with Crippen LogP contribution in [0.4, 0.5) is 5.13 Å². The van der Waals surface area contributed by atoms with E-state index < -0.39 is 0 Å². The summed E-state index contributed by atoms with van der Waals surface area (Å²) in [5, 5.41) is 13.1. The van der Waals surface area contributed by atoms with Crippen molar-refractivity contribution in [2.45, 2.75) is 37.0 Å². The summed E-state index contributed by atoms with van der Waals surface area (Å²) in [6.45, 7) is 0. The Morgan fingerprint density at radius 2 is 2.50 bits per heavy atom. The molecular formula is C9H15N3S2.